The first-order valence-corrected chi connectivity index (χ1v) is 17.1. The molecule has 5 aromatic carbocycles. The van der Waals surface area contributed by atoms with Crippen LogP contribution in [0, 0.1) is 6.07 Å². The van der Waals surface area contributed by atoms with Crippen LogP contribution in [-0.2, 0) is 31.9 Å². The third-order valence-corrected chi connectivity index (χ3v) is 9.59. The molecule has 7 aromatic rings. The number of phenols is 1. The van der Waals surface area contributed by atoms with Gasteiger partial charge in [-0.15, -0.1) is 23.8 Å². The number of aromatic nitrogens is 2. The van der Waals surface area contributed by atoms with E-state index in [1.165, 1.54) is 11.1 Å². The van der Waals surface area contributed by atoms with Crippen molar-refractivity contribution in [2.45, 2.75) is 45.4 Å². The van der Waals surface area contributed by atoms with Crippen molar-refractivity contribution >= 4 is 0 Å². The number of para-hydroxylation sites is 1. The normalized spacial score (nSPS) is 11.5. The predicted octanol–water partition coefficient (Wildman–Crippen LogP) is 11.9. The zero-order valence-corrected chi connectivity index (χ0v) is 31.9. The molecular formula is C47H41N2OPt-. The zero-order chi connectivity index (χ0) is 34.9. The molecule has 0 aliphatic carbocycles. The van der Waals surface area contributed by atoms with Gasteiger partial charge in [0.15, 0.2) is 0 Å². The van der Waals surface area contributed by atoms with Gasteiger partial charge in [-0.2, -0.15) is 0 Å². The maximum atomic E-state index is 10.9. The van der Waals surface area contributed by atoms with Gasteiger partial charge in [0.2, 0.25) is 0 Å². The van der Waals surface area contributed by atoms with Crippen LogP contribution in [-0.4, -0.2) is 15.1 Å². The molecule has 1 N–H and O–H groups in total. The van der Waals surface area contributed by atoms with Crippen LogP contribution >= 0.6 is 0 Å². The van der Waals surface area contributed by atoms with Crippen molar-refractivity contribution in [1.29, 1.82) is 0 Å². The van der Waals surface area contributed by atoms with E-state index in [0.717, 1.165) is 50.3 Å². The minimum atomic E-state index is -0.144. The van der Waals surface area contributed by atoms with Crippen molar-refractivity contribution in [3.8, 4) is 61.8 Å². The molecule has 0 unspecified atom stereocenters. The topological polar surface area (TPSA) is 46.0 Å². The second-order valence-corrected chi connectivity index (χ2v) is 14.5. The monoisotopic (exact) mass is 844 g/mol. The third kappa shape index (κ3) is 7.65. The average molecular weight is 845 g/mol. The number of hydrogen-bond donors (Lipinski definition) is 1. The fourth-order valence-electron chi connectivity index (χ4n) is 6.43. The van der Waals surface area contributed by atoms with Crippen molar-refractivity contribution in [2.75, 3.05) is 0 Å². The number of nitrogens with zero attached hydrogens (tertiary/aromatic N) is 2. The fraction of sp³-hybridized carbons (Fsp3) is 0.149. The van der Waals surface area contributed by atoms with E-state index in [1.54, 1.807) is 6.07 Å². The molecule has 0 aliphatic rings. The molecule has 51 heavy (non-hydrogen) atoms. The first-order valence-electron chi connectivity index (χ1n) is 17.1. The summed E-state index contributed by atoms with van der Waals surface area (Å²) in [4.78, 5) is 9.97. The predicted molar refractivity (Wildman–Crippen MR) is 207 cm³/mol. The largest absolute Gasteiger partial charge is 0.507 e. The van der Waals surface area contributed by atoms with Crippen LogP contribution in [0.15, 0.2) is 152 Å². The van der Waals surface area contributed by atoms with E-state index in [-0.39, 0.29) is 37.6 Å². The summed E-state index contributed by atoms with van der Waals surface area (Å²) >= 11 is 0. The average Bonchev–Trinajstić information content (AvgIpc) is 3.15. The van der Waals surface area contributed by atoms with Gasteiger partial charge in [0, 0.05) is 49.6 Å². The Morgan fingerprint density at radius 3 is 1.71 bits per heavy atom. The summed E-state index contributed by atoms with van der Waals surface area (Å²) in [5.74, 6) is 0.193. The number of pyridine rings is 2. The molecule has 0 amide bonds. The van der Waals surface area contributed by atoms with Gasteiger partial charge in [-0.1, -0.05) is 155 Å². The number of rotatable bonds is 7. The summed E-state index contributed by atoms with van der Waals surface area (Å²) in [6.45, 7) is 11.2. The molecule has 3 nitrogen and oxygen atoms in total. The summed E-state index contributed by atoms with van der Waals surface area (Å²) in [7, 11) is 0. The molecule has 0 aliphatic heterocycles. The summed E-state index contributed by atoms with van der Waals surface area (Å²) in [5, 5.41) is 10.9. The van der Waals surface area contributed by atoms with Crippen molar-refractivity contribution in [2.24, 2.45) is 0 Å². The Hall–Kier alpha value is -5.11. The molecule has 2 aromatic heterocycles. The van der Waals surface area contributed by atoms with Crippen molar-refractivity contribution < 1.29 is 26.2 Å². The Labute approximate surface area is 316 Å². The van der Waals surface area contributed by atoms with Gasteiger partial charge in [-0.05, 0) is 63.1 Å². The molecule has 0 bridgehead atoms. The minimum absolute atomic E-state index is 0. The van der Waals surface area contributed by atoms with Gasteiger partial charge in [0.25, 0.3) is 0 Å². The van der Waals surface area contributed by atoms with Gasteiger partial charge in [-0.3, -0.25) is 9.97 Å². The van der Waals surface area contributed by atoms with E-state index in [1.807, 2.05) is 36.5 Å². The van der Waals surface area contributed by atoms with Crippen molar-refractivity contribution in [3.05, 3.63) is 175 Å². The summed E-state index contributed by atoms with van der Waals surface area (Å²) in [6.07, 6.45) is 1.87. The number of benzene rings is 5. The van der Waals surface area contributed by atoms with Gasteiger partial charge in [0.05, 0.1) is 5.69 Å². The van der Waals surface area contributed by atoms with Crippen LogP contribution in [0.1, 0.15) is 51.3 Å². The molecule has 7 rings (SSSR count). The maximum absolute atomic E-state index is 10.9. The van der Waals surface area contributed by atoms with E-state index < -0.39 is 0 Å². The fourth-order valence-corrected chi connectivity index (χ4v) is 6.43. The molecule has 0 atom stereocenters. The Balaban J connectivity index is 0.00000448. The van der Waals surface area contributed by atoms with Gasteiger partial charge >= 0.3 is 0 Å². The molecule has 0 spiro atoms. The second kappa shape index (κ2) is 14.6. The first kappa shape index (κ1) is 35.7. The Kier molecular flexibility index (Phi) is 10.2. The van der Waals surface area contributed by atoms with Crippen LogP contribution in [0.3, 0.4) is 0 Å². The van der Waals surface area contributed by atoms with E-state index in [4.69, 9.17) is 9.97 Å². The quantitative estimate of drug-likeness (QED) is 0.163. The van der Waals surface area contributed by atoms with Crippen molar-refractivity contribution in [1.82, 2.24) is 9.97 Å². The van der Waals surface area contributed by atoms with Crippen LogP contribution in [0.5, 0.6) is 5.75 Å². The molecule has 4 heteroatoms. The molecule has 2 heterocycles. The van der Waals surface area contributed by atoms with E-state index in [0.29, 0.717) is 11.3 Å². The maximum Gasteiger partial charge on any atom is 0.124 e. The Morgan fingerprint density at radius 2 is 1.04 bits per heavy atom. The Morgan fingerprint density at radius 1 is 0.490 bits per heavy atom. The molecule has 0 radical (unpaired) electrons. The standard InChI is InChI=1S/C47H41N2O.Pt/c1-46(2,3)40-27-36(42-29-34(24-25-48-42)32-14-8-6-9-15-32)26-37(28-40)43-30-35(31-44(49-43)41-18-12-13-19-45(41)50)33-20-22-39(23-21-33)47(4,5)38-16-10-7-11-17-38;/h6-25,27-31,50H,1-5H3;/q-1;. The summed E-state index contributed by atoms with van der Waals surface area (Å²) in [5.41, 5.74) is 12.5. The van der Waals surface area contributed by atoms with Crippen molar-refractivity contribution in [3.63, 3.8) is 0 Å². The second-order valence-electron chi connectivity index (χ2n) is 14.5. The van der Waals surface area contributed by atoms with Crippen LogP contribution in [0.2, 0.25) is 0 Å². The summed E-state index contributed by atoms with van der Waals surface area (Å²) < 4.78 is 0. The number of phenolic OH excluding ortho intramolecular Hbond substituents is 1. The molecular weight excluding hydrogens is 804 g/mol. The number of aromatic hydroxyl groups is 1. The smallest absolute Gasteiger partial charge is 0.124 e. The van der Waals surface area contributed by atoms with E-state index in [2.05, 4.69) is 150 Å². The molecule has 0 fully saturated rings. The van der Waals surface area contributed by atoms with E-state index >= 15 is 0 Å². The molecule has 0 saturated carbocycles. The van der Waals surface area contributed by atoms with Gasteiger partial charge < -0.3 is 5.11 Å². The summed E-state index contributed by atoms with van der Waals surface area (Å²) in [6, 6.07) is 53.7. The van der Waals surface area contributed by atoms with Gasteiger partial charge in [0.1, 0.15) is 5.75 Å². The van der Waals surface area contributed by atoms with Crippen LogP contribution in [0.25, 0.3) is 56.0 Å². The minimum Gasteiger partial charge on any atom is -0.507 e. The van der Waals surface area contributed by atoms with E-state index in [9.17, 15) is 5.11 Å². The molecule has 256 valence electrons. The van der Waals surface area contributed by atoms with Crippen LogP contribution < -0.4 is 0 Å². The third-order valence-electron chi connectivity index (χ3n) is 9.59. The zero-order valence-electron chi connectivity index (χ0n) is 29.6. The Bertz CT molecular complexity index is 2270. The number of hydrogen-bond acceptors (Lipinski definition) is 3. The SMILES string of the molecule is CC(C)(C)c1cc(-c2cc(-c3ccccc3)ccn2)[c-]c(-c2cc(-c3ccc(C(C)(C)c4ccccc4)cc3)cc(-c3ccccc3O)n2)c1.[Pt]. The van der Waals surface area contributed by atoms with Gasteiger partial charge in [-0.25, -0.2) is 0 Å². The first-order chi connectivity index (χ1) is 24.1. The van der Waals surface area contributed by atoms with Crippen LogP contribution in [0.4, 0.5) is 0 Å². The molecule has 0 saturated heterocycles.